The first kappa shape index (κ1) is 18.5. The van der Waals surface area contributed by atoms with E-state index in [-0.39, 0.29) is 5.56 Å². The second-order valence-electron chi connectivity index (χ2n) is 4.42. The lowest BCUT2D eigenvalue weighted by Crippen LogP contribution is -2.39. The van der Waals surface area contributed by atoms with Gasteiger partial charge in [0.05, 0.1) is 0 Å². The fraction of sp³-hybridized carbons (Fsp3) is 0.308. The van der Waals surface area contributed by atoms with Gasteiger partial charge in [-0.15, -0.1) is 0 Å². The molecule has 1 saturated heterocycles. The molecule has 2 heterocycles. The summed E-state index contributed by atoms with van der Waals surface area (Å²) in [6, 6.07) is 11.0. The lowest BCUT2D eigenvalue weighted by molar-refractivity contribution is 0.275. The van der Waals surface area contributed by atoms with Crippen LogP contribution in [0.4, 0.5) is 0 Å². The van der Waals surface area contributed by atoms with Crippen LogP contribution in [0, 0.1) is 0 Å². The van der Waals surface area contributed by atoms with Crippen LogP contribution in [0.25, 0.3) is 10.9 Å². The summed E-state index contributed by atoms with van der Waals surface area (Å²) in [6.45, 7) is 4.56. The number of aromatic nitrogens is 1. The van der Waals surface area contributed by atoms with Crippen LogP contribution in [-0.4, -0.2) is 45.8 Å². The quantitative estimate of drug-likeness (QED) is 0.368. The van der Waals surface area contributed by atoms with E-state index in [4.69, 9.17) is 19.2 Å². The molecule has 1 aliphatic rings. The molecule has 1 aliphatic heterocycles. The van der Waals surface area contributed by atoms with E-state index in [1.54, 1.807) is 0 Å². The third kappa shape index (κ3) is 9.41. The largest absolute Gasteiger partial charge is 0.466 e. The van der Waals surface area contributed by atoms with Crippen molar-refractivity contribution in [1.82, 2.24) is 15.6 Å². The summed E-state index contributed by atoms with van der Waals surface area (Å²) in [7, 11) is -4.64. The van der Waals surface area contributed by atoms with Crippen molar-refractivity contribution in [3.63, 3.8) is 0 Å². The summed E-state index contributed by atoms with van der Waals surface area (Å²) in [5.74, 6) is 0. The highest BCUT2D eigenvalue weighted by atomic mass is 31.2. The highest BCUT2D eigenvalue weighted by molar-refractivity contribution is 7.45. The van der Waals surface area contributed by atoms with E-state index in [2.05, 4.69) is 15.6 Å². The van der Waals surface area contributed by atoms with Crippen molar-refractivity contribution in [2.45, 2.75) is 0 Å². The number of hydrogen-bond donors (Lipinski definition) is 6. The molecule has 3 rings (SSSR count). The van der Waals surface area contributed by atoms with Crippen molar-refractivity contribution in [3.8, 4) is 0 Å². The molecule has 6 N–H and O–H groups in total. The van der Waals surface area contributed by atoms with Gasteiger partial charge in [-0.1, -0.05) is 18.2 Å². The van der Waals surface area contributed by atoms with Crippen molar-refractivity contribution < 1.29 is 19.2 Å². The van der Waals surface area contributed by atoms with Gasteiger partial charge < -0.3 is 30.3 Å². The first-order valence-corrected chi connectivity index (χ1v) is 8.20. The second kappa shape index (κ2) is 9.47. The van der Waals surface area contributed by atoms with Gasteiger partial charge in [-0.3, -0.25) is 4.79 Å². The third-order valence-electron chi connectivity index (χ3n) is 2.59. The number of rotatable bonds is 0. The SMILES string of the molecule is C1CNCCN1.O=P(O)(O)O.O=c1ccc2ccccc2[nH]1. The molecule has 22 heavy (non-hydrogen) atoms. The Morgan fingerprint density at radius 1 is 0.864 bits per heavy atom. The van der Waals surface area contributed by atoms with Gasteiger partial charge >= 0.3 is 7.82 Å². The van der Waals surface area contributed by atoms with Crippen molar-refractivity contribution >= 4 is 18.7 Å². The Kier molecular flexibility index (Phi) is 7.97. The molecule has 8 nitrogen and oxygen atoms in total. The number of para-hydroxylation sites is 1. The van der Waals surface area contributed by atoms with E-state index >= 15 is 0 Å². The Labute approximate surface area is 127 Å². The third-order valence-corrected chi connectivity index (χ3v) is 2.59. The summed E-state index contributed by atoms with van der Waals surface area (Å²) in [6.07, 6.45) is 0. The maximum absolute atomic E-state index is 10.8. The Morgan fingerprint density at radius 3 is 1.86 bits per heavy atom. The summed E-state index contributed by atoms with van der Waals surface area (Å²) in [5.41, 5.74) is 0.837. The van der Waals surface area contributed by atoms with Crippen LogP contribution in [0.3, 0.4) is 0 Å². The number of nitrogens with one attached hydrogen (secondary N) is 3. The first-order chi connectivity index (χ1) is 10.4. The highest BCUT2D eigenvalue weighted by Crippen LogP contribution is 2.25. The Hall–Kier alpha value is -1.54. The molecule has 0 unspecified atom stereocenters. The molecule has 1 aromatic carbocycles. The number of H-pyrrole nitrogens is 1. The minimum Gasteiger partial charge on any atom is -0.322 e. The van der Waals surface area contributed by atoms with Crippen LogP contribution in [0.15, 0.2) is 41.2 Å². The lowest BCUT2D eigenvalue weighted by Gasteiger charge is -2.11. The first-order valence-electron chi connectivity index (χ1n) is 6.64. The van der Waals surface area contributed by atoms with Crippen LogP contribution in [0.1, 0.15) is 0 Å². The molecule has 0 bridgehead atoms. The zero-order valence-corrected chi connectivity index (χ0v) is 12.8. The molecule has 0 aliphatic carbocycles. The van der Waals surface area contributed by atoms with E-state index in [1.165, 1.54) is 6.07 Å². The summed E-state index contributed by atoms with van der Waals surface area (Å²) < 4.78 is 8.88. The molecule has 0 atom stereocenters. The minimum absolute atomic E-state index is 0.0521. The fourth-order valence-electron chi connectivity index (χ4n) is 1.70. The summed E-state index contributed by atoms with van der Waals surface area (Å²) >= 11 is 0. The predicted octanol–water partition coefficient (Wildman–Crippen LogP) is -0.221. The lowest BCUT2D eigenvalue weighted by atomic mass is 10.2. The second-order valence-corrected chi connectivity index (χ2v) is 5.45. The Morgan fingerprint density at radius 2 is 1.36 bits per heavy atom. The Balaban J connectivity index is 0.000000187. The smallest absolute Gasteiger partial charge is 0.322 e. The van der Waals surface area contributed by atoms with Gasteiger partial charge in [0.15, 0.2) is 0 Å². The number of fused-ring (bicyclic) bond motifs is 1. The molecule has 0 spiro atoms. The average molecular weight is 329 g/mol. The molecular weight excluding hydrogens is 309 g/mol. The van der Waals surface area contributed by atoms with Gasteiger partial charge in [0, 0.05) is 37.8 Å². The normalized spacial score (nSPS) is 14.3. The zero-order valence-electron chi connectivity index (χ0n) is 11.9. The van der Waals surface area contributed by atoms with Gasteiger partial charge in [-0.2, -0.15) is 0 Å². The monoisotopic (exact) mass is 329 g/mol. The van der Waals surface area contributed by atoms with Gasteiger partial charge in [0.1, 0.15) is 0 Å². The van der Waals surface area contributed by atoms with E-state index < -0.39 is 7.82 Å². The predicted molar refractivity (Wildman–Crippen MR) is 84.6 cm³/mol. The number of hydrogen-bond acceptors (Lipinski definition) is 4. The van der Waals surface area contributed by atoms with Crippen molar-refractivity contribution in [2.24, 2.45) is 0 Å². The average Bonchev–Trinajstić information content (AvgIpc) is 2.48. The number of piperazine rings is 1. The van der Waals surface area contributed by atoms with Crippen molar-refractivity contribution in [1.29, 1.82) is 0 Å². The maximum atomic E-state index is 10.8. The molecule has 122 valence electrons. The van der Waals surface area contributed by atoms with Crippen LogP contribution >= 0.6 is 7.82 Å². The fourth-order valence-corrected chi connectivity index (χ4v) is 1.70. The molecule has 0 radical (unpaired) electrons. The number of phosphoric acid groups is 1. The number of aromatic amines is 1. The minimum atomic E-state index is -4.64. The molecule has 0 amide bonds. The van der Waals surface area contributed by atoms with E-state index in [0.717, 1.165) is 37.1 Å². The Bertz CT molecular complexity index is 646. The van der Waals surface area contributed by atoms with Crippen LogP contribution in [-0.2, 0) is 4.57 Å². The van der Waals surface area contributed by atoms with E-state index in [1.807, 2.05) is 30.3 Å². The molecule has 1 fully saturated rings. The maximum Gasteiger partial charge on any atom is 0.466 e. The highest BCUT2D eigenvalue weighted by Gasteiger charge is 2.00. The zero-order chi connectivity index (χ0) is 16.4. The summed E-state index contributed by atoms with van der Waals surface area (Å²) in [4.78, 5) is 35.1. The standard InChI is InChI=1S/C9H7NO.C4H10N2.H3O4P/c11-9-6-5-7-3-1-2-4-8(7)10-9;1-2-6-4-3-5-1;1-5(2,3)4/h1-6H,(H,10,11);5-6H,1-4H2;(H3,1,2,3,4). The molecule has 0 saturated carbocycles. The number of benzene rings is 1. The van der Waals surface area contributed by atoms with Gasteiger partial charge in [-0.05, 0) is 17.5 Å². The van der Waals surface area contributed by atoms with Gasteiger partial charge in [-0.25, -0.2) is 4.57 Å². The van der Waals surface area contributed by atoms with Gasteiger partial charge in [0.25, 0.3) is 0 Å². The molecule has 1 aromatic heterocycles. The van der Waals surface area contributed by atoms with Crippen molar-refractivity contribution in [2.75, 3.05) is 26.2 Å². The van der Waals surface area contributed by atoms with Crippen molar-refractivity contribution in [3.05, 3.63) is 46.8 Å². The summed E-state index contributed by atoms with van der Waals surface area (Å²) in [5, 5.41) is 7.51. The van der Waals surface area contributed by atoms with Crippen LogP contribution in [0.5, 0.6) is 0 Å². The van der Waals surface area contributed by atoms with E-state index in [0.29, 0.717) is 0 Å². The molecular formula is C13H20N3O5P. The number of pyridine rings is 1. The van der Waals surface area contributed by atoms with Crippen LogP contribution < -0.4 is 16.2 Å². The van der Waals surface area contributed by atoms with Gasteiger partial charge in [0.2, 0.25) is 5.56 Å². The molecule has 2 aromatic rings. The topological polar surface area (TPSA) is 135 Å². The van der Waals surface area contributed by atoms with E-state index in [9.17, 15) is 4.79 Å². The molecule has 9 heteroatoms. The van der Waals surface area contributed by atoms with Crippen LogP contribution in [0.2, 0.25) is 0 Å².